The average molecular weight is 385 g/mol. The molecule has 4 heterocycles. The molecular weight excluding hydrogens is 361 g/mol. The lowest BCUT2D eigenvalue weighted by Crippen LogP contribution is -2.51. The summed E-state index contributed by atoms with van der Waals surface area (Å²) < 4.78 is 21.1. The van der Waals surface area contributed by atoms with Crippen molar-refractivity contribution in [1.82, 2.24) is 29.4 Å². The number of hydrogen-bond donors (Lipinski definition) is 0. The van der Waals surface area contributed by atoms with Crippen LogP contribution in [0.5, 0.6) is 0 Å². The molecule has 1 atom stereocenters. The fourth-order valence-electron chi connectivity index (χ4n) is 3.63. The Labute approximate surface area is 163 Å². The summed E-state index contributed by atoms with van der Waals surface area (Å²) in [6.07, 6.45) is 6.28. The Bertz CT molecular complexity index is 947. The standard InChI is InChI=1S/C19H24FN7O/c1-14-10-26(6-5-25(14)11-15-3-4-21-9-16(15)20)18-17-19(23-12-22-18)27(13-24-17)7-8-28-2/h3-4,9,12-14H,5-8,10-11H2,1-2H3. The molecule has 9 heteroatoms. The van der Waals surface area contributed by atoms with Gasteiger partial charge >= 0.3 is 0 Å². The highest BCUT2D eigenvalue weighted by Crippen LogP contribution is 2.25. The van der Waals surface area contributed by atoms with Gasteiger partial charge in [0.25, 0.3) is 0 Å². The van der Waals surface area contributed by atoms with Gasteiger partial charge in [-0.15, -0.1) is 0 Å². The van der Waals surface area contributed by atoms with Gasteiger partial charge in [0.2, 0.25) is 0 Å². The second-order valence-electron chi connectivity index (χ2n) is 7.03. The smallest absolute Gasteiger partial charge is 0.165 e. The summed E-state index contributed by atoms with van der Waals surface area (Å²) in [4.78, 5) is 21.8. The molecule has 148 valence electrons. The van der Waals surface area contributed by atoms with Crippen molar-refractivity contribution in [3.63, 3.8) is 0 Å². The third kappa shape index (κ3) is 3.67. The van der Waals surface area contributed by atoms with Crippen molar-refractivity contribution in [2.75, 3.05) is 38.3 Å². The summed E-state index contributed by atoms with van der Waals surface area (Å²) in [6, 6.07) is 2.00. The Balaban J connectivity index is 1.50. The van der Waals surface area contributed by atoms with E-state index in [-0.39, 0.29) is 11.9 Å². The molecule has 8 nitrogen and oxygen atoms in total. The first kappa shape index (κ1) is 18.7. The minimum atomic E-state index is -0.253. The van der Waals surface area contributed by atoms with Gasteiger partial charge in [-0.3, -0.25) is 9.88 Å². The van der Waals surface area contributed by atoms with Crippen LogP contribution in [-0.4, -0.2) is 68.8 Å². The van der Waals surface area contributed by atoms with Crippen LogP contribution in [0.3, 0.4) is 0 Å². The van der Waals surface area contributed by atoms with E-state index in [0.29, 0.717) is 25.3 Å². The van der Waals surface area contributed by atoms with E-state index in [1.165, 1.54) is 6.20 Å². The summed E-state index contributed by atoms with van der Waals surface area (Å²) in [7, 11) is 1.68. The molecule has 1 aliphatic heterocycles. The van der Waals surface area contributed by atoms with Crippen LogP contribution in [0.15, 0.2) is 31.1 Å². The molecule has 0 radical (unpaired) electrons. The summed E-state index contributed by atoms with van der Waals surface area (Å²) >= 11 is 0. The molecule has 0 N–H and O–H groups in total. The molecule has 1 saturated heterocycles. The molecule has 0 spiro atoms. The van der Waals surface area contributed by atoms with Crippen LogP contribution in [0, 0.1) is 5.82 Å². The first-order valence-corrected chi connectivity index (χ1v) is 9.39. The van der Waals surface area contributed by atoms with E-state index in [1.807, 2.05) is 4.57 Å². The van der Waals surface area contributed by atoms with Crippen molar-refractivity contribution in [3.8, 4) is 0 Å². The van der Waals surface area contributed by atoms with Gasteiger partial charge < -0.3 is 14.2 Å². The van der Waals surface area contributed by atoms with Crippen molar-refractivity contribution in [3.05, 3.63) is 42.5 Å². The third-order valence-electron chi connectivity index (χ3n) is 5.21. The zero-order valence-electron chi connectivity index (χ0n) is 16.1. The predicted octanol–water partition coefficient (Wildman–Crippen LogP) is 1.72. The first-order valence-electron chi connectivity index (χ1n) is 9.39. The van der Waals surface area contributed by atoms with E-state index in [4.69, 9.17) is 4.74 Å². The number of piperazine rings is 1. The Hall–Kier alpha value is -2.65. The maximum Gasteiger partial charge on any atom is 0.165 e. The number of hydrogen-bond acceptors (Lipinski definition) is 7. The molecule has 1 fully saturated rings. The Morgan fingerprint density at radius 2 is 2.14 bits per heavy atom. The van der Waals surface area contributed by atoms with Crippen LogP contribution in [0.2, 0.25) is 0 Å². The van der Waals surface area contributed by atoms with Gasteiger partial charge in [-0.1, -0.05) is 0 Å². The Morgan fingerprint density at radius 3 is 2.93 bits per heavy atom. The molecule has 1 aliphatic rings. The Kier molecular flexibility index (Phi) is 5.45. The van der Waals surface area contributed by atoms with Crippen LogP contribution in [0.4, 0.5) is 10.2 Å². The second-order valence-corrected chi connectivity index (χ2v) is 7.03. The van der Waals surface area contributed by atoms with E-state index in [2.05, 4.69) is 36.7 Å². The monoisotopic (exact) mass is 385 g/mol. The van der Waals surface area contributed by atoms with Crippen molar-refractivity contribution < 1.29 is 9.13 Å². The van der Waals surface area contributed by atoms with Gasteiger partial charge in [0.1, 0.15) is 12.1 Å². The minimum Gasteiger partial charge on any atom is -0.383 e. The van der Waals surface area contributed by atoms with E-state index >= 15 is 0 Å². The maximum absolute atomic E-state index is 13.9. The van der Waals surface area contributed by atoms with Gasteiger partial charge in [-0.05, 0) is 13.0 Å². The van der Waals surface area contributed by atoms with Crippen molar-refractivity contribution in [1.29, 1.82) is 0 Å². The summed E-state index contributed by atoms with van der Waals surface area (Å²) in [5.41, 5.74) is 2.30. The van der Waals surface area contributed by atoms with Crippen LogP contribution < -0.4 is 4.90 Å². The fourth-order valence-corrected chi connectivity index (χ4v) is 3.63. The molecule has 0 amide bonds. The lowest BCUT2D eigenvalue weighted by atomic mass is 10.1. The van der Waals surface area contributed by atoms with E-state index < -0.39 is 0 Å². The number of fused-ring (bicyclic) bond motifs is 1. The molecular formula is C19H24FN7O. The van der Waals surface area contributed by atoms with E-state index in [9.17, 15) is 4.39 Å². The molecule has 0 saturated carbocycles. The van der Waals surface area contributed by atoms with E-state index in [0.717, 1.165) is 36.6 Å². The molecule has 28 heavy (non-hydrogen) atoms. The number of rotatable bonds is 6. The zero-order chi connectivity index (χ0) is 19.5. The van der Waals surface area contributed by atoms with Crippen molar-refractivity contribution in [2.45, 2.75) is 26.1 Å². The van der Waals surface area contributed by atoms with Crippen LogP contribution in [-0.2, 0) is 17.8 Å². The molecule has 0 aliphatic carbocycles. The summed E-state index contributed by atoms with van der Waals surface area (Å²) in [5.74, 6) is 0.596. The SMILES string of the molecule is COCCn1cnc2c(N3CCN(Cc4ccncc4F)C(C)C3)ncnc21. The Morgan fingerprint density at radius 1 is 1.25 bits per heavy atom. The number of pyridine rings is 1. The summed E-state index contributed by atoms with van der Waals surface area (Å²) in [5, 5.41) is 0. The molecule has 0 aromatic carbocycles. The number of anilines is 1. The number of imidazole rings is 1. The predicted molar refractivity (Wildman–Crippen MR) is 103 cm³/mol. The highest BCUT2D eigenvalue weighted by atomic mass is 19.1. The number of ether oxygens (including phenoxy) is 1. The minimum absolute atomic E-state index is 0.252. The lowest BCUT2D eigenvalue weighted by molar-refractivity contribution is 0.178. The van der Waals surface area contributed by atoms with Gasteiger partial charge in [0, 0.05) is 57.6 Å². The lowest BCUT2D eigenvalue weighted by Gasteiger charge is -2.40. The number of nitrogens with zero attached hydrogens (tertiary/aromatic N) is 7. The van der Waals surface area contributed by atoms with Crippen LogP contribution in [0.25, 0.3) is 11.2 Å². The zero-order valence-corrected chi connectivity index (χ0v) is 16.1. The van der Waals surface area contributed by atoms with Gasteiger partial charge in [-0.2, -0.15) is 0 Å². The van der Waals surface area contributed by atoms with Crippen molar-refractivity contribution >= 4 is 17.0 Å². The molecule has 1 unspecified atom stereocenters. The molecule has 3 aromatic heterocycles. The topological polar surface area (TPSA) is 72.2 Å². The van der Waals surface area contributed by atoms with Gasteiger partial charge in [0.05, 0.1) is 19.1 Å². The van der Waals surface area contributed by atoms with Gasteiger partial charge in [-0.25, -0.2) is 19.3 Å². The highest BCUT2D eigenvalue weighted by Gasteiger charge is 2.27. The highest BCUT2D eigenvalue weighted by molar-refractivity contribution is 5.83. The van der Waals surface area contributed by atoms with Crippen LogP contribution >= 0.6 is 0 Å². The molecule has 3 aromatic rings. The number of halogens is 1. The normalized spacial score (nSPS) is 18.1. The molecule has 4 rings (SSSR count). The van der Waals surface area contributed by atoms with Gasteiger partial charge in [0.15, 0.2) is 17.0 Å². The quantitative estimate of drug-likeness (QED) is 0.640. The average Bonchev–Trinajstić information content (AvgIpc) is 3.12. The fraction of sp³-hybridized carbons (Fsp3) is 0.474. The van der Waals surface area contributed by atoms with E-state index in [1.54, 1.807) is 32.0 Å². The summed E-state index contributed by atoms with van der Waals surface area (Å²) in [6.45, 7) is 6.45. The largest absolute Gasteiger partial charge is 0.383 e. The third-order valence-corrected chi connectivity index (χ3v) is 5.21. The number of methoxy groups -OCH3 is 1. The number of aromatic nitrogens is 5. The first-order chi connectivity index (χ1) is 13.7. The maximum atomic E-state index is 13.9. The van der Waals surface area contributed by atoms with Crippen LogP contribution in [0.1, 0.15) is 12.5 Å². The van der Waals surface area contributed by atoms with Crippen molar-refractivity contribution in [2.24, 2.45) is 0 Å². The second kappa shape index (κ2) is 8.15. The molecule has 0 bridgehead atoms.